The zero-order chi connectivity index (χ0) is 3.54. The van der Waals surface area contributed by atoms with E-state index < -0.39 is 0 Å². The van der Waals surface area contributed by atoms with Crippen molar-refractivity contribution in [2.45, 2.75) is 12.8 Å². The van der Waals surface area contributed by atoms with Crippen LogP contribution in [0.5, 0.6) is 0 Å². The molecule has 0 saturated carbocycles. The molecule has 34 valence electrons. The van der Waals surface area contributed by atoms with Crippen LogP contribution < -0.4 is 0 Å². The van der Waals surface area contributed by atoms with Crippen molar-refractivity contribution in [3.05, 3.63) is 0 Å². The Kier molecular flexibility index (Phi) is 4.88. The molecule has 1 aliphatic heterocycles. The molecule has 0 bridgehead atoms. The third-order valence-electron chi connectivity index (χ3n) is 0.827. The molecule has 1 nitrogen and oxygen atoms in total. The summed E-state index contributed by atoms with van der Waals surface area (Å²) in [6.07, 6.45) is 2.56. The minimum Gasteiger partial charge on any atom is -0.381 e. The molecule has 0 aromatic carbocycles. The van der Waals surface area contributed by atoms with Crippen LogP contribution in [-0.4, -0.2) is 13.2 Å². The van der Waals surface area contributed by atoms with Gasteiger partial charge >= 0.3 is 0 Å². The van der Waals surface area contributed by atoms with Crippen LogP contribution in [0.15, 0.2) is 0 Å². The summed E-state index contributed by atoms with van der Waals surface area (Å²) < 4.78 is 4.94. The maximum Gasteiger partial charge on any atom is 0.0466 e. The Morgan fingerprint density at radius 2 is 1.50 bits per heavy atom. The van der Waals surface area contributed by atoms with E-state index in [2.05, 4.69) is 0 Å². The molecule has 0 aromatic rings. The van der Waals surface area contributed by atoms with Crippen molar-refractivity contribution in [2.75, 3.05) is 13.2 Å². The fourth-order valence-electron chi connectivity index (χ4n) is 0.510. The molecule has 1 rings (SSSR count). The van der Waals surface area contributed by atoms with Gasteiger partial charge in [-0.25, -0.2) is 0 Å². The number of hydrogen-bond acceptors (Lipinski definition) is 1. The molecular weight excluding hydrogens is 302 g/mol. The van der Waals surface area contributed by atoms with E-state index in [9.17, 15) is 0 Å². The van der Waals surface area contributed by atoms with Crippen LogP contribution in [0.4, 0.5) is 0 Å². The Morgan fingerprint density at radius 1 is 1.00 bits per heavy atom. The van der Waals surface area contributed by atoms with E-state index in [-0.39, 0.29) is 31.1 Å². The van der Waals surface area contributed by atoms with E-state index in [1.165, 1.54) is 12.8 Å². The normalized spacial score (nSPS) is 20.0. The Labute approximate surface area is 61.8 Å². The first-order chi connectivity index (χ1) is 2.50. The summed E-state index contributed by atoms with van der Waals surface area (Å²) in [4.78, 5) is 0. The summed E-state index contributed by atoms with van der Waals surface area (Å²) in [5, 5.41) is 0. The van der Waals surface area contributed by atoms with Crippen LogP contribution in [0.1, 0.15) is 12.8 Å². The molecule has 0 N–H and O–H groups in total. The second kappa shape index (κ2) is 4.18. The quantitative estimate of drug-likeness (QED) is 0.643. The van der Waals surface area contributed by atoms with Crippen molar-refractivity contribution in [1.82, 2.24) is 0 Å². The van der Waals surface area contributed by atoms with Gasteiger partial charge in [-0.2, -0.15) is 0 Å². The van der Waals surface area contributed by atoms with Crippen molar-refractivity contribution >= 4 is 0 Å². The van der Waals surface area contributed by atoms with Gasteiger partial charge in [-0.1, -0.05) is 0 Å². The van der Waals surface area contributed by atoms with Gasteiger partial charge in [0.15, 0.2) is 0 Å². The minimum absolute atomic E-state index is 0. The predicted octanol–water partition coefficient (Wildman–Crippen LogP) is 0.797. The third kappa shape index (κ3) is 2.23. The summed E-state index contributed by atoms with van der Waals surface area (Å²) in [7, 11) is 0. The third-order valence-corrected chi connectivity index (χ3v) is 0.827. The van der Waals surface area contributed by atoms with Crippen LogP contribution in [0.25, 0.3) is 0 Å². The fraction of sp³-hybridized carbons (Fsp3) is 1.00. The van der Waals surface area contributed by atoms with E-state index in [0.717, 1.165) is 13.2 Å². The first-order valence-electron chi connectivity index (χ1n) is 2.08. The van der Waals surface area contributed by atoms with E-state index in [1.54, 1.807) is 0 Å². The summed E-state index contributed by atoms with van der Waals surface area (Å²) in [6, 6.07) is 0. The molecule has 0 aromatic heterocycles. The largest absolute Gasteiger partial charge is 0.381 e. The Balaban J connectivity index is 0.000000250. The Hall–Kier alpha value is 1.01. The fourth-order valence-corrected chi connectivity index (χ4v) is 0.510. The molecule has 6 heavy (non-hydrogen) atoms. The predicted molar refractivity (Wildman–Crippen MR) is 20.1 cm³/mol. The second-order valence-electron chi connectivity index (χ2n) is 1.32. The first-order valence-corrected chi connectivity index (χ1v) is 2.08. The maximum absolute atomic E-state index is 4.94. The molecule has 2 heteroatoms. The van der Waals surface area contributed by atoms with Crippen molar-refractivity contribution in [3.8, 4) is 0 Å². The second-order valence-corrected chi connectivity index (χ2v) is 1.32. The van der Waals surface area contributed by atoms with Crippen molar-refractivity contribution in [2.24, 2.45) is 0 Å². The van der Waals surface area contributed by atoms with Crippen LogP contribution >= 0.6 is 0 Å². The van der Waals surface area contributed by atoms with E-state index in [1.807, 2.05) is 0 Å². The zero-order valence-corrected chi connectivity index (χ0v) is 7.90. The maximum atomic E-state index is 4.94. The minimum atomic E-state index is 0. The molecule has 1 saturated heterocycles. The van der Waals surface area contributed by atoms with Crippen LogP contribution in [0, 0.1) is 31.1 Å². The summed E-state index contributed by atoms with van der Waals surface area (Å²) in [5.41, 5.74) is 0. The average molecular weight is 310 g/mol. The van der Waals surface area contributed by atoms with E-state index in [4.69, 9.17) is 4.74 Å². The van der Waals surface area contributed by atoms with Gasteiger partial charge in [0.1, 0.15) is 0 Å². The number of rotatable bonds is 0. The Bertz CT molecular complexity index is 19.1. The Morgan fingerprint density at radius 3 is 1.67 bits per heavy atom. The standard InChI is InChI=1S/C4H8O.U/c1-2-4-5-3-1;/h1-4H2;. The van der Waals surface area contributed by atoms with Gasteiger partial charge in [0.05, 0.1) is 0 Å². The number of hydrogen-bond donors (Lipinski definition) is 0. The van der Waals surface area contributed by atoms with E-state index >= 15 is 0 Å². The first kappa shape index (κ1) is 7.01. The molecule has 0 amide bonds. The van der Waals surface area contributed by atoms with Gasteiger partial charge in [-0.05, 0) is 12.8 Å². The average Bonchev–Trinajstić information content (AvgIpc) is 1.76. The molecule has 1 fully saturated rings. The number of ether oxygens (including phenoxy) is 1. The zero-order valence-electron chi connectivity index (χ0n) is 3.74. The summed E-state index contributed by atoms with van der Waals surface area (Å²) >= 11 is 0. The molecule has 1 aliphatic rings. The van der Waals surface area contributed by atoms with Gasteiger partial charge in [0.25, 0.3) is 0 Å². The molecule has 0 aliphatic carbocycles. The molecular formula is C4H8OU. The van der Waals surface area contributed by atoms with E-state index in [0.29, 0.717) is 0 Å². The van der Waals surface area contributed by atoms with Crippen molar-refractivity contribution < 1.29 is 35.9 Å². The van der Waals surface area contributed by atoms with Crippen LogP contribution in [-0.2, 0) is 4.74 Å². The smallest absolute Gasteiger partial charge is 0.0466 e. The van der Waals surface area contributed by atoms with Gasteiger partial charge < -0.3 is 4.74 Å². The van der Waals surface area contributed by atoms with Gasteiger partial charge in [0.2, 0.25) is 0 Å². The van der Waals surface area contributed by atoms with Crippen molar-refractivity contribution in [1.29, 1.82) is 0 Å². The van der Waals surface area contributed by atoms with Crippen LogP contribution in [0.3, 0.4) is 0 Å². The molecule has 0 spiro atoms. The van der Waals surface area contributed by atoms with Gasteiger partial charge in [-0.3, -0.25) is 0 Å². The molecule has 0 atom stereocenters. The summed E-state index contributed by atoms with van der Waals surface area (Å²) in [5.74, 6) is 0. The molecule has 0 unspecified atom stereocenters. The monoisotopic (exact) mass is 310 g/mol. The molecule has 1 heterocycles. The topological polar surface area (TPSA) is 9.23 Å². The van der Waals surface area contributed by atoms with Gasteiger partial charge in [-0.15, -0.1) is 0 Å². The SMILES string of the molecule is C1CCOC1.[U]. The summed E-state index contributed by atoms with van der Waals surface area (Å²) in [6.45, 7) is 2.00. The molecule has 0 radical (unpaired) electrons. The van der Waals surface area contributed by atoms with Crippen molar-refractivity contribution in [3.63, 3.8) is 0 Å². The van der Waals surface area contributed by atoms with Gasteiger partial charge in [0, 0.05) is 44.3 Å². The van der Waals surface area contributed by atoms with Crippen LogP contribution in [0.2, 0.25) is 0 Å².